The summed E-state index contributed by atoms with van der Waals surface area (Å²) in [5.74, 6) is -0.154. The minimum Gasteiger partial charge on any atom is -0.408 e. The lowest BCUT2D eigenvalue weighted by Crippen LogP contribution is -2.24. The summed E-state index contributed by atoms with van der Waals surface area (Å²) in [6, 6.07) is 11.0. The second-order valence-corrected chi connectivity index (χ2v) is 5.96. The van der Waals surface area contributed by atoms with Crippen LogP contribution in [0, 0.1) is 0 Å². The Morgan fingerprint density at radius 2 is 2.22 bits per heavy atom. The maximum absolute atomic E-state index is 11.9. The number of aryl methyl sites for hydroxylation is 1. The fourth-order valence-electron chi connectivity index (χ4n) is 2.11. The van der Waals surface area contributed by atoms with Crippen molar-refractivity contribution in [2.24, 2.45) is 7.05 Å². The Hall–Kier alpha value is -2.54. The molecule has 23 heavy (non-hydrogen) atoms. The van der Waals surface area contributed by atoms with Gasteiger partial charge < -0.3 is 9.73 Å². The van der Waals surface area contributed by atoms with Crippen LogP contribution in [0.5, 0.6) is 0 Å². The molecule has 3 aromatic rings. The summed E-state index contributed by atoms with van der Waals surface area (Å²) in [6.45, 7) is 0.400. The van der Waals surface area contributed by atoms with Crippen molar-refractivity contribution in [3.63, 3.8) is 0 Å². The largest absolute Gasteiger partial charge is 0.419 e. The van der Waals surface area contributed by atoms with Gasteiger partial charge in [-0.15, -0.1) is 0 Å². The van der Waals surface area contributed by atoms with Gasteiger partial charge in [0.15, 0.2) is 5.58 Å². The first-order chi connectivity index (χ1) is 11.1. The monoisotopic (exact) mass is 329 g/mol. The molecule has 6 nitrogen and oxygen atoms in total. The number of fused-ring (bicyclic) bond motifs is 1. The number of oxazole rings is 1. The van der Waals surface area contributed by atoms with E-state index in [1.807, 2.05) is 30.3 Å². The third kappa shape index (κ3) is 3.62. The molecule has 3 rings (SSSR count). The van der Waals surface area contributed by atoms with Crippen LogP contribution in [-0.2, 0) is 18.4 Å². The summed E-state index contributed by atoms with van der Waals surface area (Å²) in [6.07, 6.45) is 1.70. The number of carbonyl (C=O) groups is 1. The molecule has 118 valence electrons. The van der Waals surface area contributed by atoms with Gasteiger partial charge in [-0.25, -0.2) is 9.78 Å². The van der Waals surface area contributed by atoms with Gasteiger partial charge in [0.25, 0.3) is 0 Å². The first kappa shape index (κ1) is 15.4. The molecule has 1 amide bonds. The number of pyridine rings is 1. The van der Waals surface area contributed by atoms with Crippen LogP contribution < -0.4 is 11.1 Å². The van der Waals surface area contributed by atoms with Crippen LogP contribution >= 0.6 is 11.8 Å². The van der Waals surface area contributed by atoms with Crippen LogP contribution in [0.3, 0.4) is 0 Å². The van der Waals surface area contributed by atoms with Crippen molar-refractivity contribution >= 4 is 28.8 Å². The zero-order valence-electron chi connectivity index (χ0n) is 12.5. The summed E-state index contributed by atoms with van der Waals surface area (Å²) in [5.41, 5.74) is 2.16. The molecular formula is C16H15N3O3S. The van der Waals surface area contributed by atoms with Gasteiger partial charge in [0, 0.05) is 19.8 Å². The highest BCUT2D eigenvalue weighted by Gasteiger charge is 2.08. The number of rotatable bonds is 5. The number of benzene rings is 1. The second-order valence-electron chi connectivity index (χ2n) is 4.96. The predicted molar refractivity (Wildman–Crippen MR) is 88.3 cm³/mol. The second kappa shape index (κ2) is 6.70. The van der Waals surface area contributed by atoms with Crippen LogP contribution in [0.1, 0.15) is 5.56 Å². The number of amides is 1. The van der Waals surface area contributed by atoms with Crippen LogP contribution in [0.2, 0.25) is 0 Å². The fraction of sp³-hybridized carbons (Fsp3) is 0.188. The molecule has 2 aromatic heterocycles. The lowest BCUT2D eigenvalue weighted by atomic mass is 10.2. The Morgan fingerprint density at radius 3 is 3.00 bits per heavy atom. The molecule has 0 aliphatic carbocycles. The summed E-state index contributed by atoms with van der Waals surface area (Å²) < 4.78 is 6.52. The summed E-state index contributed by atoms with van der Waals surface area (Å²) in [5, 5.41) is 3.67. The predicted octanol–water partition coefficient (Wildman–Crippen LogP) is 1.94. The normalized spacial score (nSPS) is 10.8. The smallest absolute Gasteiger partial charge is 0.408 e. The molecule has 0 aliphatic rings. The highest BCUT2D eigenvalue weighted by Crippen LogP contribution is 2.15. The van der Waals surface area contributed by atoms with E-state index in [2.05, 4.69) is 10.3 Å². The number of thioether (sulfide) groups is 1. The number of nitrogens with zero attached hydrogens (tertiary/aromatic N) is 2. The topological polar surface area (TPSA) is 77.1 Å². The number of hydrogen-bond acceptors (Lipinski definition) is 5. The highest BCUT2D eigenvalue weighted by molar-refractivity contribution is 7.99. The van der Waals surface area contributed by atoms with Crippen LogP contribution in [0.25, 0.3) is 11.1 Å². The zero-order valence-corrected chi connectivity index (χ0v) is 13.3. The number of hydrogen-bond donors (Lipinski definition) is 1. The van der Waals surface area contributed by atoms with E-state index in [1.54, 1.807) is 19.3 Å². The maximum atomic E-state index is 11.9. The number of nitrogens with one attached hydrogen (secondary N) is 1. The van der Waals surface area contributed by atoms with Crippen molar-refractivity contribution in [2.75, 3.05) is 5.75 Å². The van der Waals surface area contributed by atoms with E-state index in [0.29, 0.717) is 23.4 Å². The van der Waals surface area contributed by atoms with Gasteiger partial charge in [0.2, 0.25) is 5.91 Å². The highest BCUT2D eigenvalue weighted by atomic mass is 32.2. The summed E-state index contributed by atoms with van der Waals surface area (Å²) >= 11 is 1.39. The molecule has 0 radical (unpaired) electrons. The molecule has 2 heterocycles. The number of aromatic nitrogens is 2. The molecule has 0 aliphatic heterocycles. The van der Waals surface area contributed by atoms with Gasteiger partial charge in [-0.05, 0) is 29.8 Å². The van der Waals surface area contributed by atoms with E-state index in [-0.39, 0.29) is 5.91 Å². The molecule has 0 fully saturated rings. The minimum atomic E-state index is -0.395. The Morgan fingerprint density at radius 1 is 1.35 bits per heavy atom. The molecule has 7 heteroatoms. The van der Waals surface area contributed by atoms with Crippen molar-refractivity contribution in [1.82, 2.24) is 14.9 Å². The molecule has 1 aromatic carbocycles. The molecule has 0 bridgehead atoms. The van der Waals surface area contributed by atoms with Crippen LogP contribution in [-0.4, -0.2) is 21.2 Å². The molecule has 0 saturated heterocycles. The lowest BCUT2D eigenvalue weighted by Gasteiger charge is -2.05. The Kier molecular flexibility index (Phi) is 4.47. The minimum absolute atomic E-state index is 0.0677. The first-order valence-corrected chi connectivity index (χ1v) is 8.01. The summed E-state index contributed by atoms with van der Waals surface area (Å²) in [4.78, 5) is 27.5. The van der Waals surface area contributed by atoms with Crippen molar-refractivity contribution in [1.29, 1.82) is 0 Å². The van der Waals surface area contributed by atoms with Gasteiger partial charge in [0.1, 0.15) is 0 Å². The summed E-state index contributed by atoms with van der Waals surface area (Å²) in [7, 11) is 1.65. The van der Waals surface area contributed by atoms with Crippen molar-refractivity contribution in [3.05, 3.63) is 58.7 Å². The standard InChI is InChI=1S/C16H15N3O3S/c1-19-12-8-11(5-6-13(12)22-16(19)21)9-18-14(20)10-23-15-4-2-3-7-17-15/h2-8H,9-10H2,1H3,(H,18,20). The molecule has 0 spiro atoms. The van der Waals surface area contributed by atoms with Gasteiger partial charge in [-0.3, -0.25) is 9.36 Å². The molecule has 0 unspecified atom stereocenters. The van der Waals surface area contributed by atoms with Crippen molar-refractivity contribution < 1.29 is 9.21 Å². The van der Waals surface area contributed by atoms with E-state index in [0.717, 1.165) is 10.6 Å². The van der Waals surface area contributed by atoms with Gasteiger partial charge in [-0.1, -0.05) is 23.9 Å². The quantitative estimate of drug-likeness (QED) is 0.724. The van der Waals surface area contributed by atoms with Crippen molar-refractivity contribution in [2.45, 2.75) is 11.6 Å². The Balaban J connectivity index is 1.58. The SMILES string of the molecule is Cn1c(=O)oc2ccc(CNC(=O)CSc3ccccn3)cc21. The van der Waals surface area contributed by atoms with E-state index in [9.17, 15) is 9.59 Å². The van der Waals surface area contributed by atoms with E-state index in [4.69, 9.17) is 4.42 Å². The molecular weight excluding hydrogens is 314 g/mol. The van der Waals surface area contributed by atoms with E-state index >= 15 is 0 Å². The average molecular weight is 329 g/mol. The first-order valence-electron chi connectivity index (χ1n) is 7.02. The van der Waals surface area contributed by atoms with E-state index < -0.39 is 5.76 Å². The Bertz CT molecular complexity index is 886. The van der Waals surface area contributed by atoms with Gasteiger partial charge >= 0.3 is 5.76 Å². The Labute approximate surface area is 136 Å². The molecule has 0 atom stereocenters. The van der Waals surface area contributed by atoms with E-state index in [1.165, 1.54) is 16.3 Å². The van der Waals surface area contributed by atoms with Crippen LogP contribution in [0.15, 0.2) is 56.8 Å². The lowest BCUT2D eigenvalue weighted by molar-refractivity contribution is -0.118. The third-order valence-corrected chi connectivity index (χ3v) is 4.28. The van der Waals surface area contributed by atoms with Gasteiger partial charge in [-0.2, -0.15) is 0 Å². The van der Waals surface area contributed by atoms with Crippen LogP contribution in [0.4, 0.5) is 0 Å². The maximum Gasteiger partial charge on any atom is 0.419 e. The molecule has 1 N–H and O–H groups in total. The average Bonchev–Trinajstić information content (AvgIpc) is 2.86. The number of carbonyl (C=O) groups excluding carboxylic acids is 1. The molecule has 0 saturated carbocycles. The van der Waals surface area contributed by atoms with Gasteiger partial charge in [0.05, 0.1) is 16.3 Å². The zero-order chi connectivity index (χ0) is 16.2. The fourth-order valence-corrected chi connectivity index (χ4v) is 2.80. The van der Waals surface area contributed by atoms with Crippen molar-refractivity contribution in [3.8, 4) is 0 Å². The third-order valence-electron chi connectivity index (χ3n) is 3.33.